The SMILES string of the molecule is O=C1CN(Cc2nc(-c3ccc4c(c3)OCO4)no2)CCN1C1CCCCC1. The van der Waals surface area contributed by atoms with Crippen molar-refractivity contribution in [2.75, 3.05) is 26.4 Å². The van der Waals surface area contributed by atoms with Crippen LogP contribution in [-0.4, -0.2) is 58.3 Å². The molecule has 3 heterocycles. The number of fused-ring (bicyclic) bond motifs is 1. The van der Waals surface area contributed by atoms with Crippen LogP contribution in [0.5, 0.6) is 11.5 Å². The summed E-state index contributed by atoms with van der Waals surface area (Å²) in [6.45, 7) is 2.76. The van der Waals surface area contributed by atoms with Gasteiger partial charge in [-0.15, -0.1) is 0 Å². The van der Waals surface area contributed by atoms with E-state index in [-0.39, 0.29) is 12.7 Å². The number of piperazine rings is 1. The highest BCUT2D eigenvalue weighted by Crippen LogP contribution is 2.35. The van der Waals surface area contributed by atoms with Crippen molar-refractivity contribution in [3.8, 4) is 22.9 Å². The monoisotopic (exact) mass is 384 g/mol. The molecule has 1 aliphatic carbocycles. The molecule has 2 aliphatic heterocycles. The van der Waals surface area contributed by atoms with Crippen LogP contribution in [0.25, 0.3) is 11.4 Å². The van der Waals surface area contributed by atoms with Crippen LogP contribution in [0.4, 0.5) is 0 Å². The molecule has 8 heteroatoms. The first-order valence-corrected chi connectivity index (χ1v) is 10.0. The summed E-state index contributed by atoms with van der Waals surface area (Å²) in [6.07, 6.45) is 6.07. The van der Waals surface area contributed by atoms with Crippen LogP contribution in [0.15, 0.2) is 22.7 Å². The maximum absolute atomic E-state index is 12.6. The van der Waals surface area contributed by atoms with E-state index in [0.29, 0.717) is 36.6 Å². The van der Waals surface area contributed by atoms with Gasteiger partial charge in [-0.2, -0.15) is 4.98 Å². The number of ether oxygens (including phenoxy) is 2. The first-order valence-electron chi connectivity index (χ1n) is 10.0. The van der Waals surface area contributed by atoms with E-state index in [2.05, 4.69) is 19.9 Å². The zero-order valence-corrected chi connectivity index (χ0v) is 15.8. The summed E-state index contributed by atoms with van der Waals surface area (Å²) >= 11 is 0. The zero-order valence-electron chi connectivity index (χ0n) is 15.8. The minimum Gasteiger partial charge on any atom is -0.454 e. The highest BCUT2D eigenvalue weighted by molar-refractivity contribution is 5.79. The minimum atomic E-state index is 0.216. The number of carbonyl (C=O) groups is 1. The average Bonchev–Trinajstić information content (AvgIpc) is 3.37. The van der Waals surface area contributed by atoms with Crippen molar-refractivity contribution < 1.29 is 18.8 Å². The number of carbonyl (C=O) groups excluding carboxylic acids is 1. The van der Waals surface area contributed by atoms with Crippen LogP contribution in [0.3, 0.4) is 0 Å². The Labute approximate surface area is 163 Å². The summed E-state index contributed by atoms with van der Waals surface area (Å²) in [5, 5.41) is 4.08. The molecule has 1 aromatic carbocycles. The van der Waals surface area contributed by atoms with Crippen LogP contribution >= 0.6 is 0 Å². The van der Waals surface area contributed by atoms with Gasteiger partial charge in [0.25, 0.3) is 0 Å². The molecule has 0 bridgehead atoms. The van der Waals surface area contributed by atoms with Crippen molar-refractivity contribution in [3.63, 3.8) is 0 Å². The van der Waals surface area contributed by atoms with Crippen LogP contribution in [0.2, 0.25) is 0 Å². The quantitative estimate of drug-likeness (QED) is 0.801. The van der Waals surface area contributed by atoms with Crippen molar-refractivity contribution in [1.29, 1.82) is 0 Å². The van der Waals surface area contributed by atoms with E-state index >= 15 is 0 Å². The van der Waals surface area contributed by atoms with Gasteiger partial charge in [-0.05, 0) is 31.0 Å². The highest BCUT2D eigenvalue weighted by atomic mass is 16.7. The molecule has 1 saturated heterocycles. The van der Waals surface area contributed by atoms with Gasteiger partial charge in [0.2, 0.25) is 24.4 Å². The average molecular weight is 384 g/mol. The van der Waals surface area contributed by atoms with Crippen molar-refractivity contribution in [3.05, 3.63) is 24.1 Å². The standard InChI is InChI=1S/C20H24N4O4/c25-19-12-23(8-9-24(19)15-4-2-1-3-5-15)11-18-21-20(22-28-18)14-6-7-16-17(10-14)27-13-26-16/h6-7,10,15H,1-5,8-9,11-13H2. The Morgan fingerprint density at radius 1 is 1.07 bits per heavy atom. The lowest BCUT2D eigenvalue weighted by molar-refractivity contribution is -0.139. The van der Waals surface area contributed by atoms with Gasteiger partial charge in [0.15, 0.2) is 11.5 Å². The molecule has 1 aromatic heterocycles. The summed E-state index contributed by atoms with van der Waals surface area (Å²) in [5.74, 6) is 2.66. The number of benzene rings is 1. The fourth-order valence-electron chi connectivity index (χ4n) is 4.31. The molecule has 28 heavy (non-hydrogen) atoms. The number of amides is 1. The molecule has 0 spiro atoms. The number of rotatable bonds is 4. The number of nitrogens with zero attached hydrogens (tertiary/aromatic N) is 4. The van der Waals surface area contributed by atoms with Gasteiger partial charge in [0, 0.05) is 24.7 Å². The van der Waals surface area contributed by atoms with E-state index in [1.807, 2.05) is 18.2 Å². The topological polar surface area (TPSA) is 80.9 Å². The molecule has 0 radical (unpaired) electrons. The predicted molar refractivity (Wildman–Crippen MR) is 99.7 cm³/mol. The van der Waals surface area contributed by atoms with E-state index in [9.17, 15) is 4.79 Å². The van der Waals surface area contributed by atoms with Gasteiger partial charge in [-0.25, -0.2) is 0 Å². The van der Waals surface area contributed by atoms with Crippen LogP contribution < -0.4 is 9.47 Å². The normalized spacial score (nSPS) is 20.7. The first-order chi connectivity index (χ1) is 13.8. The fourth-order valence-corrected chi connectivity index (χ4v) is 4.31. The summed E-state index contributed by atoms with van der Waals surface area (Å²) in [4.78, 5) is 21.3. The Balaban J connectivity index is 1.21. The van der Waals surface area contributed by atoms with E-state index in [1.165, 1.54) is 19.3 Å². The van der Waals surface area contributed by atoms with Crippen molar-refractivity contribution >= 4 is 5.91 Å². The summed E-state index contributed by atoms with van der Waals surface area (Å²) < 4.78 is 16.2. The molecule has 1 saturated carbocycles. The van der Waals surface area contributed by atoms with Gasteiger partial charge >= 0.3 is 0 Å². The van der Waals surface area contributed by atoms with Gasteiger partial charge in [-0.3, -0.25) is 9.69 Å². The highest BCUT2D eigenvalue weighted by Gasteiger charge is 2.31. The third-order valence-electron chi connectivity index (χ3n) is 5.81. The number of hydrogen-bond donors (Lipinski definition) is 0. The van der Waals surface area contributed by atoms with Gasteiger partial charge in [-0.1, -0.05) is 24.4 Å². The summed E-state index contributed by atoms with van der Waals surface area (Å²) in [5.41, 5.74) is 0.817. The predicted octanol–water partition coefficient (Wildman–Crippen LogP) is 2.44. The lowest BCUT2D eigenvalue weighted by Gasteiger charge is -2.40. The molecular formula is C20H24N4O4. The van der Waals surface area contributed by atoms with E-state index in [4.69, 9.17) is 14.0 Å². The Morgan fingerprint density at radius 2 is 1.93 bits per heavy atom. The van der Waals surface area contributed by atoms with Gasteiger partial charge in [0.1, 0.15) is 0 Å². The molecule has 8 nitrogen and oxygen atoms in total. The largest absolute Gasteiger partial charge is 0.454 e. The van der Waals surface area contributed by atoms with Gasteiger partial charge < -0.3 is 18.9 Å². The Bertz CT molecular complexity index is 862. The molecule has 0 atom stereocenters. The van der Waals surface area contributed by atoms with E-state index in [1.54, 1.807) is 0 Å². The molecule has 2 fully saturated rings. The molecule has 3 aliphatic rings. The molecule has 2 aromatic rings. The fraction of sp³-hybridized carbons (Fsp3) is 0.550. The molecule has 0 N–H and O–H groups in total. The molecule has 0 unspecified atom stereocenters. The Kier molecular flexibility index (Phi) is 4.64. The van der Waals surface area contributed by atoms with E-state index < -0.39 is 0 Å². The van der Waals surface area contributed by atoms with Crippen LogP contribution in [0.1, 0.15) is 38.0 Å². The van der Waals surface area contributed by atoms with Gasteiger partial charge in [0.05, 0.1) is 13.1 Å². The third kappa shape index (κ3) is 3.44. The molecule has 1 amide bonds. The van der Waals surface area contributed by atoms with Crippen molar-refractivity contribution in [2.24, 2.45) is 0 Å². The summed E-state index contributed by atoms with van der Waals surface area (Å²) in [7, 11) is 0. The van der Waals surface area contributed by atoms with Crippen LogP contribution in [0, 0.1) is 0 Å². The van der Waals surface area contributed by atoms with Crippen LogP contribution in [-0.2, 0) is 11.3 Å². The molecule has 5 rings (SSSR count). The summed E-state index contributed by atoms with van der Waals surface area (Å²) in [6, 6.07) is 6.01. The maximum atomic E-state index is 12.6. The second-order valence-corrected chi connectivity index (χ2v) is 7.67. The molecule has 148 valence electrons. The number of aromatic nitrogens is 2. The van der Waals surface area contributed by atoms with E-state index in [0.717, 1.165) is 37.2 Å². The lowest BCUT2D eigenvalue weighted by atomic mass is 9.93. The minimum absolute atomic E-state index is 0.216. The van der Waals surface area contributed by atoms with Crippen molar-refractivity contribution in [1.82, 2.24) is 19.9 Å². The second kappa shape index (κ2) is 7.43. The second-order valence-electron chi connectivity index (χ2n) is 7.67. The van der Waals surface area contributed by atoms with Crippen molar-refractivity contribution in [2.45, 2.75) is 44.7 Å². The lowest BCUT2D eigenvalue weighted by Crippen LogP contribution is -2.54. The Hall–Kier alpha value is -2.61. The zero-order chi connectivity index (χ0) is 18.9. The third-order valence-corrected chi connectivity index (χ3v) is 5.81. The smallest absolute Gasteiger partial charge is 0.241 e. The maximum Gasteiger partial charge on any atom is 0.241 e. The first kappa shape index (κ1) is 17.5. The molecular weight excluding hydrogens is 360 g/mol. The Morgan fingerprint density at radius 3 is 2.79 bits per heavy atom. The number of hydrogen-bond acceptors (Lipinski definition) is 7.